The van der Waals surface area contributed by atoms with Gasteiger partial charge in [0.1, 0.15) is 0 Å². The molecule has 7 nitrogen and oxygen atoms in total. The number of ether oxygens (including phenoxy) is 1. The number of hydrogen-bond acceptors (Lipinski definition) is 4. The Bertz CT molecular complexity index is 1400. The number of carbonyl (C=O) groups excluding carboxylic acids is 2. The second-order valence-electron chi connectivity index (χ2n) is 8.10. The number of nitrogens with two attached hydrogens (primary N) is 1. The van der Waals surface area contributed by atoms with Gasteiger partial charge in [0.2, 0.25) is 0 Å². The Balaban J connectivity index is 1.65. The van der Waals surface area contributed by atoms with Crippen molar-refractivity contribution in [1.29, 1.82) is 0 Å². The van der Waals surface area contributed by atoms with Crippen LogP contribution < -0.4 is 5.73 Å². The highest BCUT2D eigenvalue weighted by atomic mass is 35.5. The fourth-order valence-electron chi connectivity index (χ4n) is 4.37. The lowest BCUT2D eigenvalue weighted by Crippen LogP contribution is -2.46. The summed E-state index contributed by atoms with van der Waals surface area (Å²) in [6.07, 6.45) is -0.379. The third-order valence-corrected chi connectivity index (χ3v) is 6.36. The van der Waals surface area contributed by atoms with Crippen LogP contribution in [0.2, 0.25) is 5.02 Å². The molecule has 0 saturated carbocycles. The highest BCUT2D eigenvalue weighted by molar-refractivity contribution is 6.33. The van der Waals surface area contributed by atoms with Gasteiger partial charge >= 0.3 is 0 Å². The molecule has 0 aliphatic carbocycles. The fraction of sp³-hybridized carbons (Fsp3) is 0.200. The average Bonchev–Trinajstić information content (AvgIpc) is 3.21. The normalized spacial score (nSPS) is 16.4. The van der Waals surface area contributed by atoms with Crippen molar-refractivity contribution in [2.45, 2.75) is 6.10 Å². The van der Waals surface area contributed by atoms with Crippen molar-refractivity contribution >= 4 is 45.2 Å². The standard InChI is InChI=1S/C25H22ClN3O4/c26-21-4-2-1-3-17(21)15-10-19-18-9-14(25(32)29-7-8-33-16(12-29)13-30)5-6-22(18)28-23(19)20(11-15)24(27)31/h1-6,9-11,16,28,30H,7-8,12-13H2,(H2,27,31). The first-order valence-corrected chi connectivity index (χ1v) is 11.0. The van der Waals surface area contributed by atoms with Gasteiger partial charge in [-0.15, -0.1) is 0 Å². The Morgan fingerprint density at radius 3 is 2.73 bits per heavy atom. The van der Waals surface area contributed by atoms with Gasteiger partial charge in [-0.25, -0.2) is 0 Å². The maximum absolute atomic E-state index is 13.2. The summed E-state index contributed by atoms with van der Waals surface area (Å²) < 4.78 is 5.46. The lowest BCUT2D eigenvalue weighted by atomic mass is 9.98. The van der Waals surface area contributed by atoms with E-state index in [1.165, 1.54) is 0 Å². The number of halogens is 1. The minimum atomic E-state index is -0.555. The van der Waals surface area contributed by atoms with E-state index in [0.29, 0.717) is 41.4 Å². The zero-order valence-electron chi connectivity index (χ0n) is 17.7. The number of aromatic nitrogens is 1. The van der Waals surface area contributed by atoms with Gasteiger partial charge in [0, 0.05) is 45.5 Å². The summed E-state index contributed by atoms with van der Waals surface area (Å²) in [7, 11) is 0. The van der Waals surface area contributed by atoms with E-state index >= 15 is 0 Å². The minimum Gasteiger partial charge on any atom is -0.394 e. The molecule has 3 aromatic carbocycles. The Labute approximate surface area is 194 Å². The number of rotatable bonds is 4. The van der Waals surface area contributed by atoms with Gasteiger partial charge < -0.3 is 25.5 Å². The fourth-order valence-corrected chi connectivity index (χ4v) is 4.62. The van der Waals surface area contributed by atoms with Crippen LogP contribution in [0.4, 0.5) is 0 Å². The molecule has 0 radical (unpaired) electrons. The summed E-state index contributed by atoms with van der Waals surface area (Å²) in [5.41, 5.74) is 9.53. The Morgan fingerprint density at radius 1 is 1.15 bits per heavy atom. The molecule has 168 valence electrons. The molecular weight excluding hydrogens is 442 g/mol. The van der Waals surface area contributed by atoms with Crippen LogP contribution in [0.25, 0.3) is 32.9 Å². The first kappa shape index (κ1) is 21.5. The number of primary amides is 1. The summed E-state index contributed by atoms with van der Waals surface area (Å²) in [4.78, 5) is 30.4. The molecule has 1 fully saturated rings. The van der Waals surface area contributed by atoms with E-state index < -0.39 is 5.91 Å². The largest absolute Gasteiger partial charge is 0.394 e. The number of aliphatic hydroxyl groups excluding tert-OH is 1. The number of amides is 2. The number of H-pyrrole nitrogens is 1. The zero-order chi connectivity index (χ0) is 23.1. The van der Waals surface area contributed by atoms with Crippen LogP contribution in [-0.2, 0) is 4.74 Å². The second kappa shape index (κ2) is 8.51. The van der Waals surface area contributed by atoms with Crippen LogP contribution >= 0.6 is 11.6 Å². The molecule has 0 spiro atoms. The lowest BCUT2D eigenvalue weighted by Gasteiger charge is -2.32. The van der Waals surface area contributed by atoms with Crippen LogP contribution in [0.5, 0.6) is 0 Å². The quantitative estimate of drug-likeness (QED) is 0.430. The van der Waals surface area contributed by atoms with E-state index in [-0.39, 0.29) is 18.6 Å². The molecule has 1 aliphatic heterocycles. The molecule has 1 aliphatic rings. The van der Waals surface area contributed by atoms with Crippen molar-refractivity contribution in [3.8, 4) is 11.1 Å². The van der Waals surface area contributed by atoms with Gasteiger partial charge in [-0.1, -0.05) is 29.8 Å². The number of nitrogens with zero attached hydrogens (tertiary/aromatic N) is 1. The summed E-state index contributed by atoms with van der Waals surface area (Å²) in [5.74, 6) is -0.689. The summed E-state index contributed by atoms with van der Waals surface area (Å²) in [6.45, 7) is 1.05. The Morgan fingerprint density at radius 2 is 1.97 bits per heavy atom. The molecule has 4 aromatic rings. The lowest BCUT2D eigenvalue weighted by molar-refractivity contribution is -0.0447. The monoisotopic (exact) mass is 463 g/mol. The number of fused-ring (bicyclic) bond motifs is 3. The second-order valence-corrected chi connectivity index (χ2v) is 8.51. The first-order chi connectivity index (χ1) is 16.0. The van der Waals surface area contributed by atoms with Crippen molar-refractivity contribution in [2.75, 3.05) is 26.3 Å². The molecule has 1 saturated heterocycles. The molecule has 4 N–H and O–H groups in total. The summed E-state index contributed by atoms with van der Waals surface area (Å²) >= 11 is 6.41. The number of aromatic amines is 1. The van der Waals surface area contributed by atoms with Crippen LogP contribution in [0.1, 0.15) is 20.7 Å². The first-order valence-electron chi connectivity index (χ1n) is 10.6. The van der Waals surface area contributed by atoms with Gasteiger partial charge in [-0.05, 0) is 42.0 Å². The summed E-state index contributed by atoms with van der Waals surface area (Å²) in [6, 6.07) is 16.5. The third-order valence-electron chi connectivity index (χ3n) is 6.03. The molecule has 2 amide bonds. The average molecular weight is 464 g/mol. The number of nitrogens with one attached hydrogen (secondary N) is 1. The van der Waals surface area contributed by atoms with Crippen LogP contribution in [0.15, 0.2) is 54.6 Å². The van der Waals surface area contributed by atoms with Crippen LogP contribution in [0.3, 0.4) is 0 Å². The van der Waals surface area contributed by atoms with Gasteiger partial charge in [-0.3, -0.25) is 9.59 Å². The molecule has 1 atom stereocenters. The summed E-state index contributed by atoms with van der Waals surface area (Å²) in [5, 5.41) is 11.5. The highest BCUT2D eigenvalue weighted by Gasteiger charge is 2.25. The van der Waals surface area contributed by atoms with Gasteiger partial charge in [0.25, 0.3) is 11.8 Å². The number of aliphatic hydroxyl groups is 1. The maximum atomic E-state index is 13.2. The minimum absolute atomic E-state index is 0.133. The molecule has 1 unspecified atom stereocenters. The van der Waals surface area contributed by atoms with E-state index in [0.717, 1.165) is 27.4 Å². The molecule has 0 bridgehead atoms. The molecule has 5 rings (SSSR count). The highest BCUT2D eigenvalue weighted by Crippen LogP contribution is 2.35. The topological polar surface area (TPSA) is 109 Å². The smallest absolute Gasteiger partial charge is 0.254 e. The van der Waals surface area contributed by atoms with E-state index in [1.807, 2.05) is 36.4 Å². The van der Waals surface area contributed by atoms with Crippen molar-refractivity contribution < 1.29 is 19.4 Å². The predicted octanol–water partition coefficient (Wildman–Crippen LogP) is 3.57. The van der Waals surface area contributed by atoms with Gasteiger partial charge in [-0.2, -0.15) is 0 Å². The number of morpholine rings is 1. The third kappa shape index (κ3) is 3.84. The van der Waals surface area contributed by atoms with E-state index in [9.17, 15) is 14.7 Å². The van der Waals surface area contributed by atoms with Crippen molar-refractivity contribution in [3.63, 3.8) is 0 Å². The molecular formula is C25H22ClN3O4. The SMILES string of the molecule is NC(=O)c1cc(-c2ccccc2Cl)cc2c1[nH]c1ccc(C(=O)N3CCOC(CO)C3)cc12. The van der Waals surface area contributed by atoms with Gasteiger partial charge in [0.15, 0.2) is 0 Å². The van der Waals surface area contributed by atoms with E-state index in [1.54, 1.807) is 23.1 Å². The zero-order valence-corrected chi connectivity index (χ0v) is 18.4. The molecule has 2 heterocycles. The van der Waals surface area contributed by atoms with Crippen molar-refractivity contribution in [1.82, 2.24) is 9.88 Å². The van der Waals surface area contributed by atoms with Crippen molar-refractivity contribution in [2.24, 2.45) is 5.73 Å². The van der Waals surface area contributed by atoms with E-state index in [4.69, 9.17) is 22.1 Å². The molecule has 8 heteroatoms. The predicted molar refractivity (Wildman–Crippen MR) is 127 cm³/mol. The van der Waals surface area contributed by atoms with E-state index in [2.05, 4.69) is 4.98 Å². The number of carbonyl (C=O) groups is 2. The number of hydrogen-bond donors (Lipinski definition) is 3. The van der Waals surface area contributed by atoms with Crippen molar-refractivity contribution in [3.05, 3.63) is 70.7 Å². The van der Waals surface area contributed by atoms with Crippen LogP contribution in [0, 0.1) is 0 Å². The maximum Gasteiger partial charge on any atom is 0.254 e. The van der Waals surface area contributed by atoms with Gasteiger partial charge in [0.05, 0.1) is 30.4 Å². The Kier molecular flexibility index (Phi) is 5.54. The number of benzene rings is 3. The van der Waals surface area contributed by atoms with Crippen LogP contribution in [-0.4, -0.2) is 59.2 Å². The molecule has 1 aromatic heterocycles. The Hall–Kier alpha value is -3.39. The molecule has 33 heavy (non-hydrogen) atoms.